The average Bonchev–Trinajstić information content (AvgIpc) is 3.25. The second-order valence-corrected chi connectivity index (χ2v) is 9.90. The van der Waals surface area contributed by atoms with E-state index in [9.17, 15) is 26.4 Å². The summed E-state index contributed by atoms with van der Waals surface area (Å²) in [6, 6.07) is 7.07. The van der Waals surface area contributed by atoms with E-state index in [1.54, 1.807) is 14.0 Å². The summed E-state index contributed by atoms with van der Waals surface area (Å²) in [7, 11) is -2.66. The van der Waals surface area contributed by atoms with E-state index in [1.807, 2.05) is 0 Å². The maximum absolute atomic E-state index is 13.5. The molecule has 1 aliphatic rings. The summed E-state index contributed by atoms with van der Waals surface area (Å²) < 4.78 is 70.7. The van der Waals surface area contributed by atoms with Gasteiger partial charge in [0.2, 0.25) is 0 Å². The number of anilines is 1. The summed E-state index contributed by atoms with van der Waals surface area (Å²) in [6.45, 7) is 1.23. The number of methoxy groups -OCH3 is 1. The Hall–Kier alpha value is -2.31. The maximum atomic E-state index is 13.5. The van der Waals surface area contributed by atoms with Crippen LogP contribution in [0.2, 0.25) is 0 Å². The van der Waals surface area contributed by atoms with E-state index < -0.39 is 34.0 Å². The molecule has 0 spiro atoms. The topological polar surface area (TPSA) is 76.2 Å². The molecule has 0 saturated carbocycles. The van der Waals surface area contributed by atoms with Crippen LogP contribution in [0.3, 0.4) is 0 Å². The number of carbonyl (C=O) groups is 1. The van der Waals surface area contributed by atoms with Crippen LogP contribution in [0.15, 0.2) is 35.7 Å². The molecule has 1 aromatic heterocycles. The zero-order valence-corrected chi connectivity index (χ0v) is 18.6. The summed E-state index contributed by atoms with van der Waals surface area (Å²) in [6.07, 6.45) is 0.0594. The first kappa shape index (κ1) is 23.4. The van der Waals surface area contributed by atoms with E-state index in [1.165, 1.54) is 47.9 Å². The molecular formula is C19H21F3N2O5S2. The minimum absolute atomic E-state index is 0.0594. The lowest BCUT2D eigenvalue weighted by atomic mass is 9.97. The lowest BCUT2D eigenvalue weighted by Crippen LogP contribution is -2.40. The molecule has 2 atom stereocenters. The van der Waals surface area contributed by atoms with Crippen LogP contribution in [-0.2, 0) is 32.6 Å². The highest BCUT2D eigenvalue weighted by molar-refractivity contribution is 7.93. The lowest BCUT2D eigenvalue weighted by Gasteiger charge is -2.26. The molecule has 0 radical (unpaired) electrons. The van der Waals surface area contributed by atoms with E-state index in [0.29, 0.717) is 20.5 Å². The Morgan fingerprint density at radius 1 is 1.23 bits per heavy atom. The number of halogens is 3. The Labute approximate surface area is 182 Å². The molecule has 12 heteroatoms. The molecule has 0 N–H and O–H groups in total. The Balaban J connectivity index is 1.99. The summed E-state index contributed by atoms with van der Waals surface area (Å²) in [4.78, 5) is 17.5. The van der Waals surface area contributed by atoms with Crippen molar-refractivity contribution in [3.63, 3.8) is 0 Å². The van der Waals surface area contributed by atoms with E-state index in [-0.39, 0.29) is 18.2 Å². The van der Waals surface area contributed by atoms with Gasteiger partial charge in [-0.15, -0.1) is 16.4 Å². The summed E-state index contributed by atoms with van der Waals surface area (Å²) >= 11 is 1.09. The number of carbonyl (C=O) groups excluding carboxylic acids is 1. The lowest BCUT2D eigenvalue weighted by molar-refractivity contribution is -0.168. The zero-order valence-electron chi connectivity index (χ0n) is 16.9. The minimum atomic E-state index is -5.69. The van der Waals surface area contributed by atoms with Crippen molar-refractivity contribution in [2.24, 2.45) is 5.92 Å². The zero-order chi connectivity index (χ0) is 23.0. The van der Waals surface area contributed by atoms with Gasteiger partial charge < -0.3 is 9.57 Å². The highest BCUT2D eigenvalue weighted by Gasteiger charge is 2.51. The van der Waals surface area contributed by atoms with Crippen LogP contribution in [-0.4, -0.2) is 45.2 Å². The molecule has 2 unspecified atom stereocenters. The highest BCUT2D eigenvalue weighted by atomic mass is 32.2. The molecule has 0 amide bonds. The molecule has 170 valence electrons. The summed E-state index contributed by atoms with van der Waals surface area (Å²) in [5.41, 5.74) is -5.25. The monoisotopic (exact) mass is 478 g/mol. The second kappa shape index (κ2) is 8.67. The number of ether oxygens (including phenoxy) is 1. The molecule has 1 saturated heterocycles. The number of alkyl halides is 3. The number of sulfonamides is 1. The molecule has 0 bridgehead atoms. The van der Waals surface area contributed by atoms with Crippen LogP contribution < -0.4 is 9.04 Å². The van der Waals surface area contributed by atoms with Gasteiger partial charge in [0.05, 0.1) is 31.3 Å². The summed E-state index contributed by atoms with van der Waals surface area (Å²) in [5.74, 6) is -0.642. The Bertz CT molecular complexity index is 1040. The van der Waals surface area contributed by atoms with Crippen molar-refractivity contribution in [1.82, 2.24) is 5.06 Å². The Morgan fingerprint density at radius 3 is 2.39 bits per heavy atom. The third-order valence-electron chi connectivity index (χ3n) is 5.16. The third-order valence-corrected chi connectivity index (χ3v) is 7.58. The van der Waals surface area contributed by atoms with Crippen molar-refractivity contribution in [2.45, 2.75) is 31.4 Å². The largest absolute Gasteiger partial charge is 0.516 e. The van der Waals surface area contributed by atoms with Crippen LogP contribution in [0, 0.1) is 5.92 Å². The van der Waals surface area contributed by atoms with Crippen LogP contribution in [0.25, 0.3) is 0 Å². The fourth-order valence-corrected chi connectivity index (χ4v) is 5.22. The molecule has 3 rings (SSSR count). The highest BCUT2D eigenvalue weighted by Crippen LogP contribution is 2.38. The molecule has 0 aliphatic carbocycles. The maximum Gasteiger partial charge on any atom is 0.516 e. The van der Waals surface area contributed by atoms with Crippen LogP contribution in [0.4, 0.5) is 18.9 Å². The molecule has 7 nitrogen and oxygen atoms in total. The number of thiophene rings is 1. The van der Waals surface area contributed by atoms with Crippen molar-refractivity contribution in [2.75, 3.05) is 18.5 Å². The normalized spacial score (nSPS) is 20.0. The number of hydrogen-bond acceptors (Lipinski definition) is 7. The standard InChI is InChI=1S/C19H21F3N2O5S2/c1-12-15(18(25)29-23(12)2)10-17-16(8-9-30-17)24(31(26,27)19(20,21)22)11-13-4-6-14(28-3)7-5-13/h4-9,12,15H,10-11H2,1-3H3. The van der Waals surface area contributed by atoms with Crippen molar-refractivity contribution in [3.8, 4) is 5.75 Å². The fraction of sp³-hybridized carbons (Fsp3) is 0.421. The first-order valence-corrected chi connectivity index (χ1v) is 11.5. The Kier molecular flexibility index (Phi) is 6.53. The van der Waals surface area contributed by atoms with Gasteiger partial charge in [0.25, 0.3) is 0 Å². The molecule has 1 aromatic carbocycles. The predicted octanol–water partition coefficient (Wildman–Crippen LogP) is 3.56. The number of nitrogens with zero attached hydrogens (tertiary/aromatic N) is 2. The quantitative estimate of drug-likeness (QED) is 0.606. The minimum Gasteiger partial charge on any atom is -0.497 e. The fourth-order valence-electron chi connectivity index (χ4n) is 3.23. The van der Waals surface area contributed by atoms with Crippen molar-refractivity contribution < 1.29 is 36.0 Å². The number of hydrogen-bond donors (Lipinski definition) is 0. The van der Waals surface area contributed by atoms with E-state index in [2.05, 4.69) is 0 Å². The van der Waals surface area contributed by atoms with E-state index >= 15 is 0 Å². The van der Waals surface area contributed by atoms with Crippen molar-refractivity contribution >= 4 is 33.0 Å². The first-order valence-electron chi connectivity index (χ1n) is 9.18. The number of benzene rings is 1. The number of hydroxylamine groups is 2. The predicted molar refractivity (Wildman–Crippen MR) is 109 cm³/mol. The smallest absolute Gasteiger partial charge is 0.497 e. The van der Waals surface area contributed by atoms with Gasteiger partial charge in [-0.1, -0.05) is 12.1 Å². The molecule has 2 heterocycles. The van der Waals surface area contributed by atoms with Gasteiger partial charge in [-0.3, -0.25) is 4.31 Å². The van der Waals surface area contributed by atoms with Gasteiger partial charge in [-0.05, 0) is 42.5 Å². The van der Waals surface area contributed by atoms with Crippen molar-refractivity contribution in [1.29, 1.82) is 0 Å². The van der Waals surface area contributed by atoms with E-state index in [0.717, 1.165) is 11.3 Å². The molecular weight excluding hydrogens is 457 g/mol. The molecule has 1 fully saturated rings. The van der Waals surface area contributed by atoms with Gasteiger partial charge in [-0.2, -0.15) is 21.6 Å². The summed E-state index contributed by atoms with van der Waals surface area (Å²) in [5, 5.41) is 2.88. The molecule has 2 aromatic rings. The third kappa shape index (κ3) is 4.65. The van der Waals surface area contributed by atoms with Gasteiger partial charge >= 0.3 is 21.5 Å². The van der Waals surface area contributed by atoms with Gasteiger partial charge in [0, 0.05) is 11.9 Å². The number of rotatable bonds is 7. The van der Waals surface area contributed by atoms with Gasteiger partial charge in [-0.25, -0.2) is 4.79 Å². The SMILES string of the molecule is COc1ccc(CN(c2ccsc2CC2C(=O)ON(C)C2C)S(=O)(=O)C(F)(F)F)cc1. The molecule has 1 aliphatic heterocycles. The van der Waals surface area contributed by atoms with E-state index in [4.69, 9.17) is 9.57 Å². The molecule has 31 heavy (non-hydrogen) atoms. The van der Waals surface area contributed by atoms with Crippen LogP contribution in [0.5, 0.6) is 5.75 Å². The second-order valence-electron chi connectivity index (χ2n) is 7.04. The van der Waals surface area contributed by atoms with Gasteiger partial charge in [0.1, 0.15) is 5.75 Å². The van der Waals surface area contributed by atoms with Crippen LogP contribution >= 0.6 is 11.3 Å². The average molecular weight is 479 g/mol. The van der Waals surface area contributed by atoms with Gasteiger partial charge in [0.15, 0.2) is 0 Å². The first-order chi connectivity index (χ1) is 14.5. The Morgan fingerprint density at radius 2 is 1.87 bits per heavy atom. The van der Waals surface area contributed by atoms with Crippen molar-refractivity contribution in [3.05, 3.63) is 46.2 Å². The van der Waals surface area contributed by atoms with Crippen LogP contribution in [0.1, 0.15) is 17.4 Å².